The molecule has 1 atom stereocenters. The molecule has 0 spiro atoms. The molecule has 2 fully saturated rings. The number of hydrogen-bond donors (Lipinski definition) is 1. The summed E-state index contributed by atoms with van der Waals surface area (Å²) in [5.41, 5.74) is 5.99. The number of aromatic nitrogens is 2. The highest BCUT2D eigenvalue weighted by atomic mass is 16.3. The van der Waals surface area contributed by atoms with Crippen molar-refractivity contribution in [2.75, 3.05) is 13.1 Å². The summed E-state index contributed by atoms with van der Waals surface area (Å²) in [5, 5.41) is 10.1. The molecule has 30 heavy (non-hydrogen) atoms. The minimum absolute atomic E-state index is 0.0125. The summed E-state index contributed by atoms with van der Waals surface area (Å²) in [4.78, 5) is 18.9. The summed E-state index contributed by atoms with van der Waals surface area (Å²) in [7, 11) is 1.84. The quantitative estimate of drug-likeness (QED) is 0.701. The highest BCUT2D eigenvalue weighted by Gasteiger charge is 2.31. The van der Waals surface area contributed by atoms with Crippen LogP contribution in [0, 0.1) is 0 Å². The molecule has 0 radical (unpaired) electrons. The normalized spacial score (nSPS) is 18.7. The minimum Gasteiger partial charge on any atom is -0.392 e. The van der Waals surface area contributed by atoms with E-state index in [1.165, 1.54) is 29.5 Å². The third-order valence-corrected chi connectivity index (χ3v) is 6.53. The first-order chi connectivity index (χ1) is 14.7. The number of rotatable bonds is 5. The zero-order valence-electron chi connectivity index (χ0n) is 17.3. The van der Waals surface area contributed by atoms with Gasteiger partial charge in [0.2, 0.25) is 0 Å². The molecule has 2 aliphatic rings. The van der Waals surface area contributed by atoms with Gasteiger partial charge in [0.1, 0.15) is 0 Å². The van der Waals surface area contributed by atoms with E-state index in [9.17, 15) is 9.90 Å². The largest absolute Gasteiger partial charge is 0.392 e. The molecule has 2 aromatic carbocycles. The van der Waals surface area contributed by atoms with E-state index in [0.717, 1.165) is 17.5 Å². The zero-order valence-corrected chi connectivity index (χ0v) is 17.3. The Morgan fingerprint density at radius 1 is 1.10 bits per heavy atom. The van der Waals surface area contributed by atoms with Crippen molar-refractivity contribution < 1.29 is 9.90 Å². The number of aliphatic hydroxyl groups excluding tert-OH is 1. The molecule has 1 saturated carbocycles. The van der Waals surface area contributed by atoms with Crippen LogP contribution in [0.25, 0.3) is 11.1 Å². The lowest BCUT2D eigenvalue weighted by Gasteiger charge is -2.19. The molecule has 1 aliphatic carbocycles. The van der Waals surface area contributed by atoms with Crippen molar-refractivity contribution >= 4 is 5.91 Å². The van der Waals surface area contributed by atoms with Gasteiger partial charge in [0.15, 0.2) is 5.82 Å². The monoisotopic (exact) mass is 401 g/mol. The lowest BCUT2D eigenvalue weighted by atomic mass is 9.89. The first-order valence-electron chi connectivity index (χ1n) is 10.7. The number of aliphatic hydroxyl groups is 1. The van der Waals surface area contributed by atoms with Gasteiger partial charge in [-0.25, -0.2) is 4.98 Å². The van der Waals surface area contributed by atoms with Gasteiger partial charge in [-0.3, -0.25) is 4.79 Å². The Kier molecular flexibility index (Phi) is 4.91. The van der Waals surface area contributed by atoms with Crippen LogP contribution in [0.1, 0.15) is 58.4 Å². The second kappa shape index (κ2) is 7.73. The van der Waals surface area contributed by atoms with Crippen molar-refractivity contribution in [3.05, 3.63) is 77.4 Å². The Hall–Kier alpha value is -2.92. The van der Waals surface area contributed by atoms with Gasteiger partial charge in [0, 0.05) is 38.4 Å². The molecule has 1 N–H and O–H groups in total. The molecule has 5 nitrogen and oxygen atoms in total. The van der Waals surface area contributed by atoms with Crippen LogP contribution in [0.5, 0.6) is 0 Å². The Balaban J connectivity index is 1.39. The molecule has 1 unspecified atom stereocenters. The maximum atomic E-state index is 12.8. The molecule has 154 valence electrons. The van der Waals surface area contributed by atoms with Crippen LogP contribution in [-0.4, -0.2) is 38.6 Å². The molecule has 2 heterocycles. The van der Waals surface area contributed by atoms with E-state index in [4.69, 9.17) is 0 Å². The third-order valence-electron chi connectivity index (χ3n) is 6.53. The summed E-state index contributed by atoms with van der Waals surface area (Å²) in [6.45, 7) is 1.39. The predicted octanol–water partition coefficient (Wildman–Crippen LogP) is 4.09. The topological polar surface area (TPSA) is 58.4 Å². The van der Waals surface area contributed by atoms with Crippen LogP contribution in [0.2, 0.25) is 0 Å². The molecule has 5 rings (SSSR count). The fourth-order valence-electron chi connectivity index (χ4n) is 4.73. The molecule has 5 heteroatoms. The van der Waals surface area contributed by atoms with Crippen molar-refractivity contribution in [2.45, 2.75) is 37.7 Å². The van der Waals surface area contributed by atoms with Crippen LogP contribution in [0.4, 0.5) is 0 Å². The van der Waals surface area contributed by atoms with Crippen LogP contribution < -0.4 is 0 Å². The van der Waals surface area contributed by atoms with Gasteiger partial charge in [-0.15, -0.1) is 0 Å². The van der Waals surface area contributed by atoms with Crippen molar-refractivity contribution in [1.29, 1.82) is 0 Å². The number of nitrogens with zero attached hydrogens (tertiary/aromatic N) is 3. The van der Waals surface area contributed by atoms with Gasteiger partial charge in [-0.2, -0.15) is 0 Å². The molecule has 1 amide bonds. The molecular formula is C25H27N3O2. The van der Waals surface area contributed by atoms with Crippen molar-refractivity contribution in [1.82, 2.24) is 14.5 Å². The van der Waals surface area contributed by atoms with Crippen LogP contribution in [0.3, 0.4) is 0 Å². The van der Waals surface area contributed by atoms with Gasteiger partial charge in [-0.05, 0) is 59.1 Å². The standard InChI is InChI=1S/C25H27N3O2/c1-27-13-11-26-24(27)25(30)28-12-10-19(15-28)21-9-8-18(14-20(21)16-29)23-5-3-2-4-22(23)17-6-7-17/h2-5,8-9,11,13-14,17,19,29H,6-7,10,12,15-16H2,1H3. The zero-order chi connectivity index (χ0) is 20.7. The van der Waals surface area contributed by atoms with Crippen LogP contribution in [0.15, 0.2) is 54.9 Å². The van der Waals surface area contributed by atoms with Crippen LogP contribution >= 0.6 is 0 Å². The predicted molar refractivity (Wildman–Crippen MR) is 116 cm³/mol. The van der Waals surface area contributed by atoms with Gasteiger partial charge in [-0.1, -0.05) is 36.4 Å². The molecule has 3 aromatic rings. The van der Waals surface area contributed by atoms with Gasteiger partial charge in [0.05, 0.1) is 6.61 Å². The Labute approximate surface area is 177 Å². The summed E-state index contributed by atoms with van der Waals surface area (Å²) in [6.07, 6.45) is 6.89. The molecule has 1 saturated heterocycles. The smallest absolute Gasteiger partial charge is 0.289 e. The van der Waals surface area contributed by atoms with Gasteiger partial charge < -0.3 is 14.6 Å². The van der Waals surface area contributed by atoms with Crippen molar-refractivity contribution in [2.24, 2.45) is 7.05 Å². The fraction of sp³-hybridized carbons (Fsp3) is 0.360. The fourth-order valence-corrected chi connectivity index (χ4v) is 4.73. The SMILES string of the molecule is Cn1ccnc1C(=O)N1CCC(c2ccc(-c3ccccc3C3CC3)cc2CO)C1. The van der Waals surface area contributed by atoms with Gasteiger partial charge >= 0.3 is 0 Å². The first-order valence-corrected chi connectivity index (χ1v) is 10.7. The number of imidazole rings is 1. The van der Waals surface area contributed by atoms with E-state index in [1.807, 2.05) is 11.9 Å². The number of amides is 1. The summed E-state index contributed by atoms with van der Waals surface area (Å²) < 4.78 is 1.76. The van der Waals surface area contributed by atoms with Crippen molar-refractivity contribution in [3.63, 3.8) is 0 Å². The lowest BCUT2D eigenvalue weighted by molar-refractivity contribution is 0.0775. The van der Waals surface area contributed by atoms with E-state index in [0.29, 0.717) is 24.8 Å². The lowest BCUT2D eigenvalue weighted by Crippen LogP contribution is -2.30. The summed E-state index contributed by atoms with van der Waals surface area (Å²) >= 11 is 0. The number of aryl methyl sites for hydroxylation is 1. The Morgan fingerprint density at radius 3 is 2.67 bits per heavy atom. The number of benzene rings is 2. The average molecular weight is 402 g/mol. The molecule has 0 bridgehead atoms. The first kappa shape index (κ1) is 19.1. The summed E-state index contributed by atoms with van der Waals surface area (Å²) in [5.74, 6) is 1.37. The van der Waals surface area contributed by atoms with Gasteiger partial charge in [0.25, 0.3) is 5.91 Å². The van der Waals surface area contributed by atoms with E-state index in [1.54, 1.807) is 17.0 Å². The maximum Gasteiger partial charge on any atom is 0.289 e. The highest BCUT2D eigenvalue weighted by Crippen LogP contribution is 2.44. The number of carbonyl (C=O) groups excluding carboxylic acids is 1. The number of carbonyl (C=O) groups is 1. The Morgan fingerprint density at radius 2 is 1.93 bits per heavy atom. The second-order valence-corrected chi connectivity index (χ2v) is 8.53. The van der Waals surface area contributed by atoms with E-state index < -0.39 is 0 Å². The minimum atomic E-state index is -0.0227. The highest BCUT2D eigenvalue weighted by molar-refractivity contribution is 5.91. The molecule has 1 aromatic heterocycles. The van der Waals surface area contributed by atoms with Crippen LogP contribution in [-0.2, 0) is 13.7 Å². The van der Waals surface area contributed by atoms with Crippen molar-refractivity contribution in [3.8, 4) is 11.1 Å². The average Bonchev–Trinajstić information content (AvgIpc) is 3.35. The molecule has 1 aliphatic heterocycles. The maximum absolute atomic E-state index is 12.8. The number of likely N-dealkylation sites (tertiary alicyclic amines) is 1. The van der Waals surface area contributed by atoms with E-state index in [-0.39, 0.29) is 18.4 Å². The number of hydrogen-bond acceptors (Lipinski definition) is 3. The third kappa shape index (κ3) is 3.43. The molecular weight excluding hydrogens is 374 g/mol. The second-order valence-electron chi connectivity index (χ2n) is 8.53. The van der Waals surface area contributed by atoms with E-state index >= 15 is 0 Å². The summed E-state index contributed by atoms with van der Waals surface area (Å²) in [6, 6.07) is 15.1. The Bertz CT molecular complexity index is 1080. The van der Waals surface area contributed by atoms with E-state index in [2.05, 4.69) is 47.4 Å².